The molecule has 0 aliphatic carbocycles. The Bertz CT molecular complexity index is 719. The van der Waals surface area contributed by atoms with E-state index in [1.807, 2.05) is 30.3 Å². The molecule has 1 saturated heterocycles. The Labute approximate surface area is 159 Å². The van der Waals surface area contributed by atoms with Crippen molar-refractivity contribution in [2.75, 3.05) is 13.7 Å². The van der Waals surface area contributed by atoms with Gasteiger partial charge in [0, 0.05) is 24.5 Å². The zero-order valence-electron chi connectivity index (χ0n) is 16.2. The lowest BCUT2D eigenvalue weighted by atomic mass is 9.82. The third-order valence-electron chi connectivity index (χ3n) is 4.73. The monoisotopic (exact) mass is 374 g/mol. The predicted octanol–water partition coefficient (Wildman–Crippen LogP) is 3.16. The van der Waals surface area contributed by atoms with Crippen LogP contribution < -0.4 is 0 Å². The topological polar surface area (TPSA) is 78.9 Å². The van der Waals surface area contributed by atoms with Crippen LogP contribution in [0.25, 0.3) is 0 Å². The summed E-state index contributed by atoms with van der Waals surface area (Å²) in [7, 11) is 1.32. The molecule has 0 bridgehead atoms. The summed E-state index contributed by atoms with van der Waals surface area (Å²) >= 11 is 0. The van der Waals surface area contributed by atoms with Crippen LogP contribution in [0.15, 0.2) is 42.0 Å². The van der Waals surface area contributed by atoms with Gasteiger partial charge in [-0.05, 0) is 26.3 Å². The normalized spacial score (nSPS) is 22.2. The number of hydrogen-bond acceptors (Lipinski definition) is 6. The molecule has 1 aromatic rings. The van der Waals surface area contributed by atoms with Gasteiger partial charge in [-0.2, -0.15) is 0 Å². The van der Waals surface area contributed by atoms with Gasteiger partial charge in [0.25, 0.3) is 0 Å². The molecule has 0 amide bonds. The third kappa shape index (κ3) is 5.04. The van der Waals surface area contributed by atoms with Crippen molar-refractivity contribution in [3.8, 4) is 0 Å². The fourth-order valence-corrected chi connectivity index (χ4v) is 3.06. The first kappa shape index (κ1) is 20.8. The number of rotatable bonds is 5. The smallest absolute Gasteiger partial charge is 0.331 e. The molecule has 1 heterocycles. The van der Waals surface area contributed by atoms with Gasteiger partial charge in [0.15, 0.2) is 5.78 Å². The van der Waals surface area contributed by atoms with E-state index in [0.717, 1.165) is 5.56 Å². The number of ketones is 1. The molecular formula is C21H26O6. The van der Waals surface area contributed by atoms with Crippen molar-refractivity contribution >= 4 is 17.7 Å². The van der Waals surface area contributed by atoms with E-state index in [2.05, 4.69) is 0 Å². The number of esters is 2. The number of carbonyl (C=O) groups is 3. The molecule has 1 aromatic carbocycles. The first-order chi connectivity index (χ1) is 12.8. The number of Topliss-reactive ketones (excluding diaryl/α,β-unsaturated/α-hetero) is 1. The SMILES string of the molecule is CCOC(=O)/C=C1\C[C@H](C(C)(C)C(=O)OC)O[C@@H](c2ccccc2)CC1=O. The Morgan fingerprint density at radius 3 is 2.48 bits per heavy atom. The first-order valence-corrected chi connectivity index (χ1v) is 8.99. The Balaban J connectivity index is 2.42. The number of benzene rings is 1. The molecule has 0 N–H and O–H groups in total. The van der Waals surface area contributed by atoms with E-state index in [0.29, 0.717) is 5.57 Å². The van der Waals surface area contributed by atoms with Crippen molar-refractivity contribution in [2.45, 2.75) is 45.8 Å². The van der Waals surface area contributed by atoms with Crippen LogP contribution in [0.5, 0.6) is 0 Å². The minimum absolute atomic E-state index is 0.0863. The van der Waals surface area contributed by atoms with Gasteiger partial charge >= 0.3 is 11.9 Å². The molecule has 2 rings (SSSR count). The largest absolute Gasteiger partial charge is 0.469 e. The quantitative estimate of drug-likeness (QED) is 0.582. The molecule has 146 valence electrons. The van der Waals surface area contributed by atoms with Crippen LogP contribution in [0.1, 0.15) is 45.3 Å². The number of ether oxygens (including phenoxy) is 3. The second kappa shape index (κ2) is 8.95. The summed E-state index contributed by atoms with van der Waals surface area (Å²) in [5, 5.41) is 0. The van der Waals surface area contributed by atoms with E-state index in [-0.39, 0.29) is 25.2 Å². The standard InChI is InChI=1S/C21H26O6/c1-5-26-19(23)12-15-11-18(21(2,3)20(24)25-4)27-17(13-16(15)22)14-9-7-6-8-10-14/h6-10,12,17-18H,5,11,13H2,1-4H3/b15-12+/t17-,18-/m1/s1. The first-order valence-electron chi connectivity index (χ1n) is 8.99. The van der Waals surface area contributed by atoms with E-state index in [1.165, 1.54) is 13.2 Å². The molecule has 6 nitrogen and oxygen atoms in total. The van der Waals surface area contributed by atoms with Gasteiger partial charge in [0.2, 0.25) is 0 Å². The summed E-state index contributed by atoms with van der Waals surface area (Å²) in [6, 6.07) is 9.36. The number of hydrogen-bond donors (Lipinski definition) is 0. The highest BCUT2D eigenvalue weighted by Crippen LogP contribution is 2.38. The molecule has 0 aromatic heterocycles. The Morgan fingerprint density at radius 2 is 1.89 bits per heavy atom. The van der Waals surface area contributed by atoms with E-state index in [9.17, 15) is 14.4 Å². The average molecular weight is 374 g/mol. The second-order valence-electron chi connectivity index (χ2n) is 6.99. The van der Waals surface area contributed by atoms with Crippen LogP contribution in [-0.4, -0.2) is 37.5 Å². The Hall–Kier alpha value is -2.47. The van der Waals surface area contributed by atoms with Crippen LogP contribution in [0, 0.1) is 5.41 Å². The van der Waals surface area contributed by atoms with Crippen molar-refractivity contribution in [2.24, 2.45) is 5.41 Å². The van der Waals surface area contributed by atoms with Gasteiger partial charge in [0.05, 0.1) is 31.3 Å². The van der Waals surface area contributed by atoms with Gasteiger partial charge in [-0.15, -0.1) is 0 Å². The third-order valence-corrected chi connectivity index (χ3v) is 4.73. The summed E-state index contributed by atoms with van der Waals surface area (Å²) in [5.41, 5.74) is 0.142. The minimum atomic E-state index is -1.000. The molecular weight excluding hydrogens is 348 g/mol. The zero-order valence-corrected chi connectivity index (χ0v) is 16.2. The van der Waals surface area contributed by atoms with Gasteiger partial charge in [-0.1, -0.05) is 30.3 Å². The molecule has 0 spiro atoms. The minimum Gasteiger partial charge on any atom is -0.469 e. The highest BCUT2D eigenvalue weighted by Gasteiger charge is 2.43. The Morgan fingerprint density at radius 1 is 1.22 bits per heavy atom. The van der Waals surface area contributed by atoms with Crippen molar-refractivity contribution < 1.29 is 28.6 Å². The van der Waals surface area contributed by atoms with E-state index in [4.69, 9.17) is 14.2 Å². The van der Waals surface area contributed by atoms with E-state index < -0.39 is 29.6 Å². The number of carbonyl (C=O) groups excluding carboxylic acids is 3. The average Bonchev–Trinajstić information content (AvgIpc) is 2.81. The van der Waals surface area contributed by atoms with Crippen molar-refractivity contribution in [1.29, 1.82) is 0 Å². The number of methoxy groups -OCH3 is 1. The lowest BCUT2D eigenvalue weighted by Gasteiger charge is -2.33. The molecule has 2 atom stereocenters. The molecule has 0 saturated carbocycles. The molecule has 1 aliphatic rings. The fraction of sp³-hybridized carbons (Fsp3) is 0.476. The van der Waals surface area contributed by atoms with Crippen LogP contribution in [0.2, 0.25) is 0 Å². The lowest BCUT2D eigenvalue weighted by Crippen LogP contribution is -2.40. The highest BCUT2D eigenvalue weighted by molar-refractivity contribution is 6.01. The van der Waals surface area contributed by atoms with Crippen LogP contribution in [0.4, 0.5) is 0 Å². The summed E-state index contributed by atoms with van der Waals surface area (Å²) in [5.74, 6) is -1.21. The maximum absolute atomic E-state index is 12.8. The van der Waals surface area contributed by atoms with Gasteiger partial charge in [-0.3, -0.25) is 9.59 Å². The van der Waals surface area contributed by atoms with Crippen molar-refractivity contribution in [3.05, 3.63) is 47.5 Å². The van der Waals surface area contributed by atoms with Crippen LogP contribution in [-0.2, 0) is 28.6 Å². The van der Waals surface area contributed by atoms with Crippen molar-refractivity contribution in [3.63, 3.8) is 0 Å². The Kier molecular flexibility index (Phi) is 6.91. The van der Waals surface area contributed by atoms with Crippen molar-refractivity contribution in [1.82, 2.24) is 0 Å². The zero-order chi connectivity index (χ0) is 20.0. The van der Waals surface area contributed by atoms with E-state index in [1.54, 1.807) is 20.8 Å². The summed E-state index contributed by atoms with van der Waals surface area (Å²) in [4.78, 5) is 37.0. The molecule has 1 aliphatic heterocycles. The maximum atomic E-state index is 12.8. The van der Waals surface area contributed by atoms with Gasteiger partial charge in [0.1, 0.15) is 0 Å². The lowest BCUT2D eigenvalue weighted by molar-refractivity contribution is -0.163. The molecule has 27 heavy (non-hydrogen) atoms. The maximum Gasteiger partial charge on any atom is 0.331 e. The molecule has 6 heteroatoms. The highest BCUT2D eigenvalue weighted by atomic mass is 16.5. The summed E-state index contributed by atoms with van der Waals surface area (Å²) in [6.07, 6.45) is 0.276. The predicted molar refractivity (Wildman–Crippen MR) is 98.8 cm³/mol. The second-order valence-corrected chi connectivity index (χ2v) is 6.99. The molecule has 1 fully saturated rings. The summed E-state index contributed by atoms with van der Waals surface area (Å²) in [6.45, 7) is 5.34. The fourth-order valence-electron chi connectivity index (χ4n) is 3.06. The van der Waals surface area contributed by atoms with Gasteiger partial charge < -0.3 is 14.2 Å². The summed E-state index contributed by atoms with van der Waals surface area (Å²) < 4.78 is 16.1. The molecule has 0 radical (unpaired) electrons. The van der Waals surface area contributed by atoms with E-state index >= 15 is 0 Å². The van der Waals surface area contributed by atoms with Crippen LogP contribution in [0.3, 0.4) is 0 Å². The molecule has 0 unspecified atom stereocenters. The van der Waals surface area contributed by atoms with Crippen LogP contribution >= 0.6 is 0 Å². The van der Waals surface area contributed by atoms with Gasteiger partial charge in [-0.25, -0.2) is 4.79 Å².